The van der Waals surface area contributed by atoms with Crippen molar-refractivity contribution in [1.29, 1.82) is 0 Å². The first kappa shape index (κ1) is 18.9. The maximum Gasteiger partial charge on any atom is 0.213 e. The number of rotatable bonds is 4. The van der Waals surface area contributed by atoms with Gasteiger partial charge in [-0.3, -0.25) is 0 Å². The van der Waals surface area contributed by atoms with Crippen LogP contribution in [0.25, 0.3) is 11.1 Å². The number of furan rings is 1. The van der Waals surface area contributed by atoms with Crippen molar-refractivity contribution in [3.8, 4) is 0 Å². The lowest BCUT2D eigenvalue weighted by atomic mass is 9.50. The topological polar surface area (TPSA) is 71.8 Å². The predicted molar refractivity (Wildman–Crippen MR) is 115 cm³/mol. The van der Waals surface area contributed by atoms with Gasteiger partial charge < -0.3 is 8.83 Å². The highest BCUT2D eigenvalue weighted by molar-refractivity contribution is 7.91. The molecule has 1 unspecified atom stereocenters. The molecule has 3 fully saturated rings. The van der Waals surface area contributed by atoms with Gasteiger partial charge in [0.05, 0.1) is 12.3 Å². The van der Waals surface area contributed by atoms with E-state index in [1.54, 1.807) is 18.4 Å². The number of benzene rings is 1. The molecule has 8 heteroatoms. The van der Waals surface area contributed by atoms with E-state index in [2.05, 4.69) is 4.98 Å². The van der Waals surface area contributed by atoms with Gasteiger partial charge in [0.2, 0.25) is 5.09 Å². The molecule has 2 saturated carbocycles. The zero-order valence-electron chi connectivity index (χ0n) is 16.6. The lowest BCUT2D eigenvalue weighted by molar-refractivity contribution is -0.0145. The van der Waals surface area contributed by atoms with Crippen molar-refractivity contribution in [2.24, 2.45) is 9.78 Å². The normalized spacial score (nSPS) is 30.8. The number of halogens is 1. The Hall–Kier alpha value is -1.83. The van der Waals surface area contributed by atoms with Crippen LogP contribution >= 0.6 is 11.6 Å². The Morgan fingerprint density at radius 1 is 1.17 bits per heavy atom. The largest absolute Gasteiger partial charge is 0.453 e. The SMILES string of the molecule is O=S(=NC1CC2(C1)CC(c1nc3cc(Cl)ccc3o1)C2)(c1ccco1)N1CCCC1. The van der Waals surface area contributed by atoms with Crippen molar-refractivity contribution >= 4 is 32.6 Å². The fraction of sp³-hybridized carbons (Fsp3) is 0.500. The quantitative estimate of drug-likeness (QED) is 0.521. The van der Waals surface area contributed by atoms with Gasteiger partial charge in [-0.25, -0.2) is 17.9 Å². The number of nitrogens with zero attached hydrogens (tertiary/aromatic N) is 3. The van der Waals surface area contributed by atoms with E-state index in [9.17, 15) is 4.21 Å². The van der Waals surface area contributed by atoms with Crippen LogP contribution in [-0.2, 0) is 9.92 Å². The van der Waals surface area contributed by atoms with E-state index in [1.165, 1.54) is 0 Å². The molecular formula is C22H24ClN3O3S. The van der Waals surface area contributed by atoms with E-state index in [1.807, 2.05) is 22.5 Å². The number of hydrogen-bond donors (Lipinski definition) is 0. The summed E-state index contributed by atoms with van der Waals surface area (Å²) in [5.41, 5.74) is 1.91. The van der Waals surface area contributed by atoms with E-state index in [-0.39, 0.29) is 6.04 Å². The standard InChI is InChI=1S/C22H24ClN3O3S/c23-16-5-6-19-18(10-16)24-21(29-19)15-11-22(12-15)13-17(14-22)25-30(27,20-4-3-9-28-20)26-7-1-2-8-26/h3-6,9-10,15,17H,1-2,7-8,11-14H2. The molecule has 1 aliphatic heterocycles. The summed E-state index contributed by atoms with van der Waals surface area (Å²) in [7, 11) is -2.64. The molecule has 3 heterocycles. The van der Waals surface area contributed by atoms with Crippen LogP contribution in [0.2, 0.25) is 5.02 Å². The molecule has 0 bridgehead atoms. The van der Waals surface area contributed by atoms with Crippen molar-refractivity contribution in [1.82, 2.24) is 9.29 Å². The van der Waals surface area contributed by atoms with Gasteiger partial charge in [-0.2, -0.15) is 0 Å². The van der Waals surface area contributed by atoms with Crippen LogP contribution in [-0.4, -0.2) is 32.6 Å². The van der Waals surface area contributed by atoms with Gasteiger partial charge in [-0.15, -0.1) is 0 Å². The van der Waals surface area contributed by atoms with Crippen molar-refractivity contribution < 1.29 is 13.0 Å². The third-order valence-corrected chi connectivity index (χ3v) is 9.52. The van der Waals surface area contributed by atoms with Gasteiger partial charge in [-0.1, -0.05) is 11.6 Å². The Morgan fingerprint density at radius 2 is 1.97 bits per heavy atom. The molecule has 3 aliphatic rings. The molecule has 6 nitrogen and oxygen atoms in total. The average molecular weight is 446 g/mol. The number of fused-ring (bicyclic) bond motifs is 1. The molecule has 0 N–H and O–H groups in total. The molecule has 1 spiro atoms. The minimum atomic E-state index is -2.64. The first-order valence-electron chi connectivity index (χ1n) is 10.6. The summed E-state index contributed by atoms with van der Waals surface area (Å²) >= 11 is 6.06. The Labute approximate surface area is 180 Å². The van der Waals surface area contributed by atoms with Crippen LogP contribution in [0.4, 0.5) is 0 Å². The molecule has 158 valence electrons. The first-order chi connectivity index (χ1) is 14.5. The predicted octanol–water partition coefficient (Wildman–Crippen LogP) is 5.64. The summed E-state index contributed by atoms with van der Waals surface area (Å²) in [5, 5.41) is 1.18. The van der Waals surface area contributed by atoms with Gasteiger partial charge in [0.15, 0.2) is 21.4 Å². The first-order valence-corrected chi connectivity index (χ1v) is 12.5. The second-order valence-corrected chi connectivity index (χ2v) is 11.6. The fourth-order valence-corrected chi connectivity index (χ4v) is 7.80. The summed E-state index contributed by atoms with van der Waals surface area (Å²) in [6.07, 6.45) is 7.82. The van der Waals surface area contributed by atoms with Crippen molar-refractivity contribution in [2.75, 3.05) is 13.1 Å². The van der Waals surface area contributed by atoms with Crippen LogP contribution < -0.4 is 0 Å². The summed E-state index contributed by atoms with van der Waals surface area (Å²) in [4.78, 5) is 4.64. The molecule has 1 aromatic carbocycles. The summed E-state index contributed by atoms with van der Waals surface area (Å²) in [5.74, 6) is 1.17. The Bertz CT molecular complexity index is 1190. The second kappa shape index (κ2) is 6.84. The maximum absolute atomic E-state index is 13.8. The highest BCUT2D eigenvalue weighted by Gasteiger charge is 2.55. The van der Waals surface area contributed by atoms with Crippen LogP contribution in [0, 0.1) is 5.41 Å². The van der Waals surface area contributed by atoms with Crippen molar-refractivity contribution in [3.05, 3.63) is 47.5 Å². The monoisotopic (exact) mass is 445 g/mol. The molecule has 1 saturated heterocycles. The van der Waals surface area contributed by atoms with Crippen molar-refractivity contribution in [3.63, 3.8) is 0 Å². The van der Waals surface area contributed by atoms with Crippen LogP contribution in [0.5, 0.6) is 0 Å². The van der Waals surface area contributed by atoms with E-state index < -0.39 is 9.92 Å². The lowest BCUT2D eigenvalue weighted by Crippen LogP contribution is -2.49. The molecule has 0 amide bonds. The summed E-state index contributed by atoms with van der Waals surface area (Å²) in [6.45, 7) is 1.65. The minimum Gasteiger partial charge on any atom is -0.453 e. The molecule has 2 aliphatic carbocycles. The Morgan fingerprint density at radius 3 is 2.70 bits per heavy atom. The smallest absolute Gasteiger partial charge is 0.213 e. The molecule has 6 rings (SSSR count). The van der Waals surface area contributed by atoms with E-state index in [0.717, 1.165) is 68.6 Å². The van der Waals surface area contributed by atoms with Gasteiger partial charge in [0.1, 0.15) is 5.52 Å². The highest BCUT2D eigenvalue weighted by Crippen LogP contribution is 2.62. The van der Waals surface area contributed by atoms with Crippen LogP contribution in [0.1, 0.15) is 50.3 Å². The van der Waals surface area contributed by atoms with Gasteiger partial charge in [0, 0.05) is 24.0 Å². The fourth-order valence-electron chi connectivity index (χ4n) is 5.40. The zero-order valence-corrected chi connectivity index (χ0v) is 18.2. The van der Waals surface area contributed by atoms with E-state index >= 15 is 0 Å². The molecular weight excluding hydrogens is 422 g/mol. The lowest BCUT2D eigenvalue weighted by Gasteiger charge is -2.55. The summed E-state index contributed by atoms with van der Waals surface area (Å²) in [6, 6.07) is 9.29. The van der Waals surface area contributed by atoms with Crippen LogP contribution in [0.15, 0.2) is 54.9 Å². The Balaban J connectivity index is 1.17. The number of hydrogen-bond acceptors (Lipinski definition) is 5. The average Bonchev–Trinajstić information content (AvgIpc) is 3.43. The number of oxazole rings is 1. The second-order valence-electron chi connectivity index (χ2n) is 9.00. The van der Waals surface area contributed by atoms with Gasteiger partial charge in [-0.05, 0) is 74.3 Å². The minimum absolute atomic E-state index is 0.131. The molecule has 0 radical (unpaired) electrons. The van der Waals surface area contributed by atoms with Crippen LogP contribution in [0.3, 0.4) is 0 Å². The molecule has 2 aromatic heterocycles. The Kier molecular flexibility index (Phi) is 4.31. The van der Waals surface area contributed by atoms with Gasteiger partial charge in [0.25, 0.3) is 0 Å². The molecule has 1 atom stereocenters. The molecule has 30 heavy (non-hydrogen) atoms. The zero-order chi connectivity index (χ0) is 20.3. The highest BCUT2D eigenvalue weighted by atomic mass is 35.5. The van der Waals surface area contributed by atoms with Crippen molar-refractivity contribution in [2.45, 2.75) is 55.6 Å². The van der Waals surface area contributed by atoms with E-state index in [0.29, 0.717) is 21.4 Å². The number of aromatic nitrogens is 1. The third-order valence-electron chi connectivity index (χ3n) is 6.88. The molecule has 3 aromatic rings. The maximum atomic E-state index is 13.8. The third kappa shape index (κ3) is 3.01. The van der Waals surface area contributed by atoms with E-state index in [4.69, 9.17) is 24.8 Å². The summed E-state index contributed by atoms with van der Waals surface area (Å²) < 4.78 is 32.2. The van der Waals surface area contributed by atoms with Gasteiger partial charge >= 0.3 is 0 Å².